The van der Waals surface area contributed by atoms with E-state index in [1.807, 2.05) is 0 Å². The summed E-state index contributed by atoms with van der Waals surface area (Å²) in [6, 6.07) is 19.8. The zero-order valence-electron chi connectivity index (χ0n) is 15.5. The number of anilines is 1. The van der Waals surface area contributed by atoms with Gasteiger partial charge in [0.2, 0.25) is 5.82 Å². The third-order valence-corrected chi connectivity index (χ3v) is 4.37. The molecule has 1 amide bonds. The highest BCUT2D eigenvalue weighted by molar-refractivity contribution is 6.30. The quantitative estimate of drug-likeness (QED) is 0.460. The summed E-state index contributed by atoms with van der Waals surface area (Å²) < 4.78 is 24.6. The Morgan fingerprint density at radius 2 is 1.87 bits per heavy atom. The molecule has 0 spiro atoms. The molecule has 0 aliphatic rings. The standard InChI is InChI=1S/C22H15ClFN3O3/c23-15-8-10-16(11-9-15)25-20(28)13-29-17-5-3-4-14(12-17)21-26-22(30-27-21)18-6-1-2-7-19(18)24/h1-12H,13H2,(H,25,28). The van der Waals surface area contributed by atoms with Gasteiger partial charge in [-0.2, -0.15) is 4.98 Å². The van der Waals surface area contributed by atoms with Gasteiger partial charge in [-0.25, -0.2) is 4.39 Å². The minimum absolute atomic E-state index is 0.0803. The third-order valence-electron chi connectivity index (χ3n) is 4.12. The van der Waals surface area contributed by atoms with E-state index in [4.69, 9.17) is 20.9 Å². The summed E-state index contributed by atoms with van der Waals surface area (Å²) in [6.07, 6.45) is 0. The van der Waals surface area contributed by atoms with Crippen LogP contribution >= 0.6 is 11.6 Å². The van der Waals surface area contributed by atoms with Crippen molar-refractivity contribution in [3.8, 4) is 28.6 Å². The lowest BCUT2D eigenvalue weighted by Crippen LogP contribution is -2.20. The van der Waals surface area contributed by atoms with Crippen LogP contribution < -0.4 is 10.1 Å². The Labute approximate surface area is 176 Å². The van der Waals surface area contributed by atoms with Crippen LogP contribution in [-0.2, 0) is 4.79 Å². The average Bonchev–Trinajstić information content (AvgIpc) is 3.25. The third kappa shape index (κ3) is 4.64. The Balaban J connectivity index is 1.42. The van der Waals surface area contributed by atoms with Crippen LogP contribution in [-0.4, -0.2) is 22.7 Å². The van der Waals surface area contributed by atoms with E-state index >= 15 is 0 Å². The monoisotopic (exact) mass is 423 g/mol. The fourth-order valence-corrected chi connectivity index (χ4v) is 2.81. The van der Waals surface area contributed by atoms with Crippen molar-refractivity contribution in [2.24, 2.45) is 0 Å². The average molecular weight is 424 g/mol. The zero-order valence-corrected chi connectivity index (χ0v) is 16.3. The van der Waals surface area contributed by atoms with Crippen LogP contribution in [0.2, 0.25) is 5.02 Å². The van der Waals surface area contributed by atoms with Gasteiger partial charge in [0.25, 0.3) is 11.8 Å². The van der Waals surface area contributed by atoms with Gasteiger partial charge < -0.3 is 14.6 Å². The number of rotatable bonds is 6. The first-order chi connectivity index (χ1) is 14.6. The van der Waals surface area contributed by atoms with Crippen molar-refractivity contribution in [2.45, 2.75) is 0 Å². The van der Waals surface area contributed by atoms with Gasteiger partial charge in [-0.1, -0.05) is 41.0 Å². The molecular formula is C22H15ClFN3O3. The molecule has 0 radical (unpaired) electrons. The van der Waals surface area contributed by atoms with Crippen molar-refractivity contribution >= 4 is 23.2 Å². The van der Waals surface area contributed by atoms with Crippen LogP contribution in [0.1, 0.15) is 0 Å². The van der Waals surface area contributed by atoms with Gasteiger partial charge in [-0.3, -0.25) is 4.79 Å². The Hall–Kier alpha value is -3.71. The lowest BCUT2D eigenvalue weighted by molar-refractivity contribution is -0.118. The molecular weight excluding hydrogens is 409 g/mol. The number of amides is 1. The predicted octanol–water partition coefficient (Wildman–Crippen LogP) is 5.21. The lowest BCUT2D eigenvalue weighted by atomic mass is 10.2. The molecule has 8 heteroatoms. The molecule has 30 heavy (non-hydrogen) atoms. The molecule has 0 aliphatic heterocycles. The Bertz CT molecular complexity index is 1180. The molecule has 0 atom stereocenters. The minimum atomic E-state index is -0.448. The summed E-state index contributed by atoms with van der Waals surface area (Å²) >= 11 is 5.83. The van der Waals surface area contributed by atoms with E-state index in [2.05, 4.69) is 15.5 Å². The van der Waals surface area contributed by atoms with Crippen molar-refractivity contribution in [1.29, 1.82) is 0 Å². The second kappa shape index (κ2) is 8.75. The molecule has 0 saturated heterocycles. The highest BCUT2D eigenvalue weighted by Crippen LogP contribution is 2.26. The topological polar surface area (TPSA) is 77.2 Å². The number of hydrogen-bond donors (Lipinski definition) is 1. The van der Waals surface area contributed by atoms with Crippen LogP contribution in [0.5, 0.6) is 5.75 Å². The number of carbonyl (C=O) groups is 1. The minimum Gasteiger partial charge on any atom is -0.484 e. The molecule has 0 saturated carbocycles. The number of halogens is 2. The van der Waals surface area contributed by atoms with Crippen LogP contribution in [0.25, 0.3) is 22.8 Å². The van der Waals surface area contributed by atoms with E-state index in [9.17, 15) is 9.18 Å². The van der Waals surface area contributed by atoms with E-state index in [1.165, 1.54) is 6.07 Å². The maximum Gasteiger partial charge on any atom is 0.262 e. The van der Waals surface area contributed by atoms with Crippen LogP contribution in [0.15, 0.2) is 77.3 Å². The van der Waals surface area contributed by atoms with Gasteiger partial charge in [-0.15, -0.1) is 0 Å². The highest BCUT2D eigenvalue weighted by Gasteiger charge is 2.14. The molecule has 3 aromatic carbocycles. The molecule has 6 nitrogen and oxygen atoms in total. The van der Waals surface area contributed by atoms with E-state index in [1.54, 1.807) is 66.7 Å². The second-order valence-electron chi connectivity index (χ2n) is 6.27. The molecule has 4 rings (SSSR count). The Kier molecular flexibility index (Phi) is 5.72. The summed E-state index contributed by atoms with van der Waals surface area (Å²) in [5, 5.41) is 7.20. The van der Waals surface area contributed by atoms with Crippen molar-refractivity contribution < 1.29 is 18.4 Å². The first kappa shape index (κ1) is 19.6. The number of benzene rings is 3. The summed E-state index contributed by atoms with van der Waals surface area (Å²) in [4.78, 5) is 16.3. The summed E-state index contributed by atoms with van der Waals surface area (Å²) in [7, 11) is 0. The highest BCUT2D eigenvalue weighted by atomic mass is 35.5. The zero-order chi connectivity index (χ0) is 20.9. The molecule has 1 heterocycles. The van der Waals surface area contributed by atoms with Gasteiger partial charge in [-0.05, 0) is 48.5 Å². The summed E-state index contributed by atoms with van der Waals surface area (Å²) in [5.41, 5.74) is 1.45. The maximum absolute atomic E-state index is 13.9. The van der Waals surface area contributed by atoms with Gasteiger partial charge in [0.05, 0.1) is 5.56 Å². The molecule has 0 bridgehead atoms. The van der Waals surface area contributed by atoms with Gasteiger partial charge in [0, 0.05) is 16.3 Å². The summed E-state index contributed by atoms with van der Waals surface area (Å²) in [5.74, 6) is 0.0534. The van der Waals surface area contributed by atoms with Crippen molar-refractivity contribution in [3.63, 3.8) is 0 Å². The van der Waals surface area contributed by atoms with Crippen LogP contribution in [0, 0.1) is 5.82 Å². The van der Waals surface area contributed by atoms with Crippen LogP contribution in [0.4, 0.5) is 10.1 Å². The Morgan fingerprint density at radius 3 is 2.67 bits per heavy atom. The fraction of sp³-hybridized carbons (Fsp3) is 0.0455. The maximum atomic E-state index is 13.9. The Morgan fingerprint density at radius 1 is 1.07 bits per heavy atom. The van der Waals surface area contributed by atoms with E-state index in [-0.39, 0.29) is 29.8 Å². The second-order valence-corrected chi connectivity index (χ2v) is 6.71. The van der Waals surface area contributed by atoms with E-state index in [0.29, 0.717) is 22.0 Å². The first-order valence-electron chi connectivity index (χ1n) is 8.96. The summed E-state index contributed by atoms with van der Waals surface area (Å²) in [6.45, 7) is -0.182. The number of aromatic nitrogens is 2. The molecule has 0 unspecified atom stereocenters. The van der Waals surface area contributed by atoms with Gasteiger partial charge in [0.1, 0.15) is 11.6 Å². The number of ether oxygens (including phenoxy) is 1. The largest absolute Gasteiger partial charge is 0.484 e. The number of nitrogens with zero attached hydrogens (tertiary/aromatic N) is 2. The normalized spacial score (nSPS) is 10.6. The first-order valence-corrected chi connectivity index (χ1v) is 9.33. The van der Waals surface area contributed by atoms with E-state index in [0.717, 1.165) is 0 Å². The molecule has 4 aromatic rings. The van der Waals surface area contributed by atoms with Gasteiger partial charge >= 0.3 is 0 Å². The molecule has 0 aliphatic carbocycles. The van der Waals surface area contributed by atoms with Crippen molar-refractivity contribution in [3.05, 3.63) is 83.6 Å². The van der Waals surface area contributed by atoms with Crippen molar-refractivity contribution in [2.75, 3.05) is 11.9 Å². The molecule has 0 fully saturated rings. The SMILES string of the molecule is O=C(COc1cccc(-c2noc(-c3ccccc3F)n2)c1)Nc1ccc(Cl)cc1. The van der Waals surface area contributed by atoms with Crippen molar-refractivity contribution in [1.82, 2.24) is 10.1 Å². The molecule has 1 aromatic heterocycles. The van der Waals surface area contributed by atoms with E-state index < -0.39 is 5.82 Å². The predicted molar refractivity (Wildman–Crippen MR) is 111 cm³/mol. The lowest BCUT2D eigenvalue weighted by Gasteiger charge is -2.08. The van der Waals surface area contributed by atoms with Gasteiger partial charge in [0.15, 0.2) is 6.61 Å². The van der Waals surface area contributed by atoms with Crippen LogP contribution in [0.3, 0.4) is 0 Å². The number of nitrogens with one attached hydrogen (secondary N) is 1. The number of hydrogen-bond acceptors (Lipinski definition) is 5. The number of carbonyl (C=O) groups excluding carboxylic acids is 1. The molecule has 150 valence electrons. The molecule has 1 N–H and O–H groups in total. The fourth-order valence-electron chi connectivity index (χ4n) is 2.69. The smallest absolute Gasteiger partial charge is 0.262 e.